The number of amides is 1. The number of rotatable bonds is 15. The Balaban J connectivity index is 0.00000784. The minimum absolute atomic E-state index is 0. The fourth-order valence-corrected chi connectivity index (χ4v) is 3.60. The highest BCUT2D eigenvalue weighted by Gasteiger charge is 2.31. The van der Waals surface area contributed by atoms with E-state index in [-0.39, 0.29) is 25.1 Å². The highest BCUT2D eigenvalue weighted by molar-refractivity contribution is 5.84. The van der Waals surface area contributed by atoms with Crippen molar-refractivity contribution in [1.29, 1.82) is 0 Å². The van der Waals surface area contributed by atoms with Crippen molar-refractivity contribution < 1.29 is 20.5 Å². The normalized spacial score (nSPS) is 20.9. The van der Waals surface area contributed by atoms with E-state index in [2.05, 4.69) is 26.1 Å². The van der Waals surface area contributed by atoms with Gasteiger partial charge in [-0.2, -0.15) is 0 Å². The Labute approximate surface area is 173 Å². The summed E-state index contributed by atoms with van der Waals surface area (Å²) in [6, 6.07) is 0. The van der Waals surface area contributed by atoms with Gasteiger partial charge in [-0.15, -0.1) is 0 Å². The van der Waals surface area contributed by atoms with Crippen LogP contribution >= 0.6 is 0 Å². The van der Waals surface area contributed by atoms with Gasteiger partial charge < -0.3 is 14.8 Å². The van der Waals surface area contributed by atoms with Gasteiger partial charge in [0.15, 0.2) is 0 Å². The molecule has 166 valence electrons. The van der Waals surface area contributed by atoms with Crippen LogP contribution in [-0.2, 0) is 19.1 Å². The fourth-order valence-electron chi connectivity index (χ4n) is 3.60. The molecule has 1 unspecified atom stereocenters. The summed E-state index contributed by atoms with van der Waals surface area (Å²) in [4.78, 5) is 24.6. The van der Waals surface area contributed by atoms with Crippen LogP contribution in [0.5, 0.6) is 0 Å². The van der Waals surface area contributed by atoms with Crippen molar-refractivity contribution in [3.8, 4) is 0 Å². The molecule has 1 amide bonds. The summed E-state index contributed by atoms with van der Waals surface area (Å²) >= 11 is 0. The molecule has 1 aliphatic rings. The largest absolute Gasteiger partial charge is 0.381 e. The standard InChI is InChI=1S/C23H43NO4.H2/c1-5-19(4)22(25)20-9-11-21(12-10-20)23(26)24-13-8-16-27-14-6-7-15-28-17-18(2)3;/h18-21H,5-17H2,1-4H3,(H,24,26);1H. The maximum absolute atomic E-state index is 12.3. The first-order chi connectivity index (χ1) is 13.5. The van der Waals surface area contributed by atoms with Crippen molar-refractivity contribution in [1.82, 2.24) is 5.32 Å². The molecule has 0 heterocycles. The predicted octanol–water partition coefficient (Wildman–Crippen LogP) is 4.63. The molecule has 1 rings (SSSR count). The molecule has 1 fully saturated rings. The van der Waals surface area contributed by atoms with E-state index in [0.29, 0.717) is 24.9 Å². The summed E-state index contributed by atoms with van der Waals surface area (Å²) in [6.45, 7) is 12.1. The molecule has 0 aromatic heterocycles. The zero-order chi connectivity index (χ0) is 20.8. The van der Waals surface area contributed by atoms with Gasteiger partial charge in [-0.25, -0.2) is 0 Å². The summed E-state index contributed by atoms with van der Waals surface area (Å²) < 4.78 is 11.2. The second-order valence-corrected chi connectivity index (χ2v) is 8.69. The fraction of sp³-hybridized carbons (Fsp3) is 0.913. The number of unbranched alkanes of at least 4 members (excludes halogenated alkanes) is 1. The lowest BCUT2D eigenvalue weighted by Crippen LogP contribution is -2.35. The van der Waals surface area contributed by atoms with E-state index in [0.717, 1.165) is 71.2 Å². The molecule has 0 aromatic carbocycles. The minimum atomic E-state index is 0. The van der Waals surface area contributed by atoms with Crippen LogP contribution in [0.25, 0.3) is 0 Å². The summed E-state index contributed by atoms with van der Waals surface area (Å²) in [5, 5.41) is 3.04. The van der Waals surface area contributed by atoms with Crippen LogP contribution in [0.3, 0.4) is 0 Å². The van der Waals surface area contributed by atoms with Crippen LogP contribution in [0.15, 0.2) is 0 Å². The maximum atomic E-state index is 12.3. The van der Waals surface area contributed by atoms with Gasteiger partial charge in [-0.3, -0.25) is 9.59 Å². The summed E-state index contributed by atoms with van der Waals surface area (Å²) in [6.07, 6.45) is 7.22. The lowest BCUT2D eigenvalue weighted by atomic mass is 9.77. The van der Waals surface area contributed by atoms with Gasteiger partial charge in [0.1, 0.15) is 5.78 Å². The van der Waals surface area contributed by atoms with Crippen LogP contribution in [0.2, 0.25) is 0 Å². The van der Waals surface area contributed by atoms with Gasteiger partial charge in [-0.05, 0) is 57.3 Å². The SMILES string of the molecule is CCC(C)C(=O)C1CCC(C(=O)NCCCOCCCCOCC(C)C)CC1.[HH]. The Morgan fingerprint density at radius 2 is 1.50 bits per heavy atom. The van der Waals surface area contributed by atoms with Crippen LogP contribution in [0, 0.1) is 23.7 Å². The Morgan fingerprint density at radius 1 is 0.929 bits per heavy atom. The van der Waals surface area contributed by atoms with Gasteiger partial charge in [0.25, 0.3) is 0 Å². The summed E-state index contributed by atoms with van der Waals surface area (Å²) in [5.41, 5.74) is 0. The van der Waals surface area contributed by atoms with E-state index in [1.165, 1.54) is 0 Å². The highest BCUT2D eigenvalue weighted by Crippen LogP contribution is 2.31. The van der Waals surface area contributed by atoms with Crippen molar-refractivity contribution in [2.45, 2.75) is 79.1 Å². The third-order valence-electron chi connectivity index (χ3n) is 5.64. The molecule has 1 N–H and O–H groups in total. The molecule has 0 saturated heterocycles. The van der Waals surface area contributed by atoms with Crippen molar-refractivity contribution in [3.63, 3.8) is 0 Å². The topological polar surface area (TPSA) is 64.6 Å². The zero-order valence-corrected chi connectivity index (χ0v) is 18.6. The average Bonchev–Trinajstić information content (AvgIpc) is 2.70. The number of carbonyl (C=O) groups is 2. The maximum Gasteiger partial charge on any atom is 0.223 e. The van der Waals surface area contributed by atoms with E-state index < -0.39 is 0 Å². The molecule has 0 bridgehead atoms. The molecule has 0 aliphatic heterocycles. The Bertz CT molecular complexity index is 437. The first-order valence-electron chi connectivity index (χ1n) is 11.4. The van der Waals surface area contributed by atoms with Crippen molar-refractivity contribution in [2.24, 2.45) is 23.7 Å². The van der Waals surface area contributed by atoms with Crippen molar-refractivity contribution in [3.05, 3.63) is 0 Å². The molecular formula is C23H45NO4. The van der Waals surface area contributed by atoms with E-state index in [4.69, 9.17) is 9.47 Å². The Morgan fingerprint density at radius 3 is 2.11 bits per heavy atom. The van der Waals surface area contributed by atoms with Crippen molar-refractivity contribution >= 4 is 11.7 Å². The number of ketones is 1. The minimum Gasteiger partial charge on any atom is -0.381 e. The molecule has 0 aromatic rings. The lowest BCUT2D eigenvalue weighted by molar-refractivity contribution is -0.131. The number of nitrogens with one attached hydrogen (secondary N) is 1. The first-order valence-corrected chi connectivity index (χ1v) is 11.4. The number of hydrogen-bond acceptors (Lipinski definition) is 4. The van der Waals surface area contributed by atoms with E-state index in [1.807, 2.05) is 6.92 Å². The molecule has 5 heteroatoms. The van der Waals surface area contributed by atoms with Gasteiger partial charge in [-0.1, -0.05) is 27.7 Å². The molecular weight excluding hydrogens is 354 g/mol. The second kappa shape index (κ2) is 15.0. The quantitative estimate of drug-likeness (QED) is 0.408. The summed E-state index contributed by atoms with van der Waals surface area (Å²) in [5.74, 6) is 1.54. The van der Waals surface area contributed by atoms with Crippen LogP contribution in [0.4, 0.5) is 0 Å². The lowest BCUT2D eigenvalue weighted by Gasteiger charge is -2.28. The Hall–Kier alpha value is -0.940. The van der Waals surface area contributed by atoms with Gasteiger partial charge >= 0.3 is 0 Å². The average molecular weight is 400 g/mol. The molecule has 1 atom stereocenters. The smallest absolute Gasteiger partial charge is 0.223 e. The zero-order valence-electron chi connectivity index (χ0n) is 18.6. The number of hydrogen-bond donors (Lipinski definition) is 1. The second-order valence-electron chi connectivity index (χ2n) is 8.69. The first kappa shape index (κ1) is 25.1. The number of carbonyl (C=O) groups excluding carboxylic acids is 2. The Kier molecular flexibility index (Phi) is 13.4. The van der Waals surface area contributed by atoms with Crippen LogP contribution in [0.1, 0.15) is 80.5 Å². The molecule has 0 radical (unpaired) electrons. The van der Waals surface area contributed by atoms with E-state index in [1.54, 1.807) is 0 Å². The predicted molar refractivity (Wildman–Crippen MR) is 115 cm³/mol. The number of ether oxygens (including phenoxy) is 2. The van der Waals surface area contributed by atoms with Crippen LogP contribution in [-0.4, -0.2) is 44.7 Å². The monoisotopic (exact) mass is 399 g/mol. The van der Waals surface area contributed by atoms with E-state index in [9.17, 15) is 9.59 Å². The summed E-state index contributed by atoms with van der Waals surface area (Å²) in [7, 11) is 0. The third kappa shape index (κ3) is 10.6. The number of Topliss-reactive ketones (excluding diaryl/α,β-unsaturated/α-hetero) is 1. The van der Waals surface area contributed by atoms with Crippen LogP contribution < -0.4 is 5.32 Å². The van der Waals surface area contributed by atoms with Gasteiger partial charge in [0.05, 0.1) is 0 Å². The molecule has 28 heavy (non-hydrogen) atoms. The van der Waals surface area contributed by atoms with Gasteiger partial charge in [0, 0.05) is 52.2 Å². The third-order valence-corrected chi connectivity index (χ3v) is 5.64. The highest BCUT2D eigenvalue weighted by atomic mass is 16.5. The molecule has 5 nitrogen and oxygen atoms in total. The molecule has 1 saturated carbocycles. The van der Waals surface area contributed by atoms with Crippen molar-refractivity contribution in [2.75, 3.05) is 33.0 Å². The van der Waals surface area contributed by atoms with E-state index >= 15 is 0 Å². The molecule has 0 spiro atoms. The van der Waals surface area contributed by atoms with Gasteiger partial charge in [0.2, 0.25) is 5.91 Å². The molecule has 1 aliphatic carbocycles.